The average molecular weight is 474 g/mol. The zero-order chi connectivity index (χ0) is 22.4. The van der Waals surface area contributed by atoms with Gasteiger partial charge in [-0.25, -0.2) is 13.6 Å². The van der Waals surface area contributed by atoms with Gasteiger partial charge in [-0.1, -0.05) is 11.6 Å². The largest absolute Gasteiger partial charge is 0.350 e. The number of rotatable bonds is 3. The predicted molar refractivity (Wildman–Crippen MR) is 121 cm³/mol. The normalized spacial score (nSPS) is 18.1. The number of aryl methyl sites for hydroxylation is 1. The van der Waals surface area contributed by atoms with Gasteiger partial charge < -0.3 is 10.2 Å². The molecule has 0 saturated carbocycles. The van der Waals surface area contributed by atoms with Crippen LogP contribution >= 0.6 is 23.4 Å². The number of hydrogen-bond donors (Lipinski definition) is 1. The maximum atomic E-state index is 14.7. The van der Waals surface area contributed by atoms with E-state index in [1.165, 1.54) is 23.9 Å². The second-order valence-electron chi connectivity index (χ2n) is 7.71. The van der Waals surface area contributed by atoms with Gasteiger partial charge in [-0.05, 0) is 18.2 Å². The number of aromatic nitrogens is 2. The summed E-state index contributed by atoms with van der Waals surface area (Å²) in [6.07, 6.45) is 0.285. The molecule has 32 heavy (non-hydrogen) atoms. The SMILES string of the molecule is N#CC[C@H]1CNCCN1c1nc(=O)n2c3c(c(-c4ccc(F)cc4F)c(Cl)cc13)SCC2. The number of piperazine rings is 1. The number of hydrogen-bond acceptors (Lipinski definition) is 6. The first-order valence-corrected chi connectivity index (χ1v) is 11.6. The van der Waals surface area contributed by atoms with Gasteiger partial charge in [-0.15, -0.1) is 11.8 Å². The smallest absolute Gasteiger partial charge is 0.349 e. The molecule has 6 nitrogen and oxygen atoms in total. The van der Waals surface area contributed by atoms with E-state index in [9.17, 15) is 18.8 Å². The third kappa shape index (κ3) is 3.43. The molecule has 0 aliphatic carbocycles. The van der Waals surface area contributed by atoms with Crippen LogP contribution in [0.3, 0.4) is 0 Å². The summed E-state index contributed by atoms with van der Waals surface area (Å²) in [5.41, 5.74) is 0.884. The Morgan fingerprint density at radius 2 is 2.16 bits per heavy atom. The van der Waals surface area contributed by atoms with Crippen molar-refractivity contribution in [3.8, 4) is 17.2 Å². The predicted octanol–water partition coefficient (Wildman–Crippen LogP) is 3.79. The molecule has 2 aliphatic heterocycles. The lowest BCUT2D eigenvalue weighted by atomic mass is 10.0. The van der Waals surface area contributed by atoms with Gasteiger partial charge in [0.2, 0.25) is 0 Å². The highest BCUT2D eigenvalue weighted by Crippen LogP contribution is 2.46. The van der Waals surface area contributed by atoms with E-state index in [4.69, 9.17) is 11.6 Å². The molecule has 1 saturated heterocycles. The van der Waals surface area contributed by atoms with Crippen molar-refractivity contribution in [2.45, 2.75) is 23.9 Å². The molecule has 0 amide bonds. The molecular formula is C22H18ClF2N5OS. The van der Waals surface area contributed by atoms with E-state index in [1.54, 1.807) is 10.6 Å². The minimum atomic E-state index is -0.715. The first kappa shape index (κ1) is 21.2. The van der Waals surface area contributed by atoms with Gasteiger partial charge in [0.15, 0.2) is 0 Å². The zero-order valence-electron chi connectivity index (χ0n) is 16.9. The van der Waals surface area contributed by atoms with Crippen molar-refractivity contribution in [2.24, 2.45) is 0 Å². The van der Waals surface area contributed by atoms with E-state index in [-0.39, 0.29) is 18.0 Å². The lowest BCUT2D eigenvalue weighted by Gasteiger charge is -2.37. The molecule has 164 valence electrons. The molecule has 1 N–H and O–H groups in total. The lowest BCUT2D eigenvalue weighted by Crippen LogP contribution is -2.52. The van der Waals surface area contributed by atoms with Crippen LogP contribution in [0.4, 0.5) is 14.6 Å². The Kier molecular flexibility index (Phi) is 5.53. The molecule has 2 aromatic carbocycles. The molecule has 10 heteroatoms. The van der Waals surface area contributed by atoms with Gasteiger partial charge in [0.1, 0.15) is 17.5 Å². The van der Waals surface area contributed by atoms with Crippen LogP contribution in [0, 0.1) is 23.0 Å². The Balaban J connectivity index is 1.81. The van der Waals surface area contributed by atoms with Crippen LogP contribution in [0.2, 0.25) is 5.02 Å². The van der Waals surface area contributed by atoms with Crippen molar-refractivity contribution < 1.29 is 8.78 Å². The van der Waals surface area contributed by atoms with Crippen LogP contribution in [0.5, 0.6) is 0 Å². The van der Waals surface area contributed by atoms with E-state index < -0.39 is 17.3 Å². The maximum Gasteiger partial charge on any atom is 0.350 e. The summed E-state index contributed by atoms with van der Waals surface area (Å²) in [5.74, 6) is -0.299. The summed E-state index contributed by atoms with van der Waals surface area (Å²) in [7, 11) is 0. The van der Waals surface area contributed by atoms with Gasteiger partial charge in [0.25, 0.3) is 0 Å². The van der Waals surface area contributed by atoms with Crippen LogP contribution in [0.1, 0.15) is 6.42 Å². The van der Waals surface area contributed by atoms with Crippen molar-refractivity contribution in [2.75, 3.05) is 30.3 Å². The van der Waals surface area contributed by atoms with Gasteiger partial charge in [0, 0.05) is 59.4 Å². The van der Waals surface area contributed by atoms with Crippen molar-refractivity contribution in [3.05, 3.63) is 51.4 Å². The Morgan fingerprint density at radius 3 is 2.94 bits per heavy atom. The van der Waals surface area contributed by atoms with E-state index in [0.29, 0.717) is 64.1 Å². The van der Waals surface area contributed by atoms with Crippen molar-refractivity contribution in [3.63, 3.8) is 0 Å². The minimum Gasteiger partial charge on any atom is -0.349 e. The molecule has 1 fully saturated rings. The van der Waals surface area contributed by atoms with Crippen LogP contribution in [-0.4, -0.2) is 41.0 Å². The molecule has 1 atom stereocenters. The number of nitriles is 1. The third-order valence-corrected chi connectivity index (χ3v) is 7.23. The van der Waals surface area contributed by atoms with Crippen molar-refractivity contribution in [1.29, 1.82) is 5.26 Å². The molecule has 3 aromatic rings. The maximum absolute atomic E-state index is 14.7. The van der Waals surface area contributed by atoms with Crippen LogP contribution in [0.15, 0.2) is 34.0 Å². The lowest BCUT2D eigenvalue weighted by molar-refractivity contribution is 0.477. The van der Waals surface area contributed by atoms with Gasteiger partial charge in [-0.2, -0.15) is 10.2 Å². The topological polar surface area (TPSA) is 74.0 Å². The summed E-state index contributed by atoms with van der Waals surface area (Å²) < 4.78 is 29.8. The first-order valence-electron chi connectivity index (χ1n) is 10.2. The number of thioether (sulfide) groups is 1. The Morgan fingerprint density at radius 1 is 1.31 bits per heavy atom. The summed E-state index contributed by atoms with van der Waals surface area (Å²) in [4.78, 5) is 20.0. The number of halogens is 3. The van der Waals surface area contributed by atoms with E-state index in [1.807, 2.05) is 4.90 Å². The summed E-state index contributed by atoms with van der Waals surface area (Å²) in [6, 6.07) is 7.16. The second-order valence-corrected chi connectivity index (χ2v) is 9.23. The van der Waals surface area contributed by atoms with Crippen molar-refractivity contribution >= 4 is 40.1 Å². The van der Waals surface area contributed by atoms with Gasteiger partial charge in [0.05, 0.1) is 29.1 Å². The average Bonchev–Trinajstić information content (AvgIpc) is 2.78. The van der Waals surface area contributed by atoms with E-state index in [2.05, 4.69) is 16.4 Å². The quantitative estimate of drug-likeness (QED) is 0.624. The Labute approximate surface area is 191 Å². The standard InChI is InChI=1S/C22H18ClF2N5OS/c23-16-10-15-19-20(18(16)14-2-1-12(24)9-17(14)25)32-8-7-30(19)22(31)28-21(15)29-6-5-27-11-13(29)3-4-26/h1-2,9-10,13,27H,3,5-8,11H2/t13-/m0/s1. The molecule has 5 rings (SSSR count). The fraction of sp³-hybridized carbons (Fsp3) is 0.318. The van der Waals surface area contributed by atoms with Gasteiger partial charge in [-0.3, -0.25) is 4.57 Å². The number of nitrogens with one attached hydrogen (secondary N) is 1. The fourth-order valence-electron chi connectivity index (χ4n) is 4.44. The zero-order valence-corrected chi connectivity index (χ0v) is 18.4. The van der Waals surface area contributed by atoms with E-state index in [0.717, 1.165) is 6.07 Å². The molecule has 2 aliphatic rings. The van der Waals surface area contributed by atoms with E-state index >= 15 is 0 Å². The summed E-state index contributed by atoms with van der Waals surface area (Å²) in [6.45, 7) is 2.36. The first-order chi connectivity index (χ1) is 15.5. The summed E-state index contributed by atoms with van der Waals surface area (Å²) in [5, 5.41) is 13.5. The van der Waals surface area contributed by atoms with Crippen molar-refractivity contribution in [1.82, 2.24) is 14.9 Å². The Hall–Kier alpha value is -2.67. The molecule has 0 radical (unpaired) electrons. The number of benzene rings is 2. The van der Waals surface area contributed by atoms with Crippen LogP contribution < -0.4 is 15.9 Å². The highest BCUT2D eigenvalue weighted by atomic mass is 35.5. The van der Waals surface area contributed by atoms with Gasteiger partial charge >= 0.3 is 5.69 Å². The Bertz CT molecular complexity index is 1340. The van der Waals surface area contributed by atoms with Crippen LogP contribution in [0.25, 0.3) is 22.0 Å². The highest BCUT2D eigenvalue weighted by molar-refractivity contribution is 7.99. The molecule has 0 spiro atoms. The molecule has 1 aromatic heterocycles. The summed E-state index contributed by atoms with van der Waals surface area (Å²) >= 11 is 8.18. The highest BCUT2D eigenvalue weighted by Gasteiger charge is 2.30. The second kappa shape index (κ2) is 8.35. The molecule has 0 unspecified atom stereocenters. The molecular weight excluding hydrogens is 456 g/mol. The number of nitrogens with zero attached hydrogens (tertiary/aromatic N) is 4. The number of anilines is 1. The minimum absolute atomic E-state index is 0.133. The molecule has 3 heterocycles. The van der Waals surface area contributed by atoms with Crippen LogP contribution in [-0.2, 0) is 6.54 Å². The molecule has 0 bridgehead atoms. The monoisotopic (exact) mass is 473 g/mol. The third-order valence-electron chi connectivity index (χ3n) is 5.86. The fourth-order valence-corrected chi connectivity index (χ4v) is 6.00.